The zero-order valence-electron chi connectivity index (χ0n) is 11.8. The molecule has 0 atom stereocenters. The van der Waals surface area contributed by atoms with E-state index in [0.717, 1.165) is 19.2 Å². The summed E-state index contributed by atoms with van der Waals surface area (Å²) in [4.78, 5) is 17.2. The number of hydrogen-bond acceptors (Lipinski definition) is 2. The van der Waals surface area contributed by atoms with Crippen molar-refractivity contribution >= 4 is 59.3 Å². The molecule has 0 aliphatic rings. The van der Waals surface area contributed by atoms with Gasteiger partial charge in [0.15, 0.2) is 4.80 Å². The van der Waals surface area contributed by atoms with Gasteiger partial charge in [0, 0.05) is 14.5 Å². The first-order valence-corrected chi connectivity index (χ1v) is 9.06. The summed E-state index contributed by atoms with van der Waals surface area (Å²) in [6, 6.07) is 13.0. The molecule has 0 aliphatic heterocycles. The van der Waals surface area contributed by atoms with Gasteiger partial charge >= 0.3 is 0 Å². The van der Waals surface area contributed by atoms with Crippen molar-refractivity contribution in [3.63, 3.8) is 0 Å². The fourth-order valence-corrected chi connectivity index (χ4v) is 3.96. The number of rotatable bonds is 2. The highest BCUT2D eigenvalue weighted by molar-refractivity contribution is 9.10. The number of halogens is 2. The second-order valence-electron chi connectivity index (χ2n) is 4.71. The molecule has 2 aromatic carbocycles. The van der Waals surface area contributed by atoms with Crippen LogP contribution < -0.4 is 4.80 Å². The molecule has 114 valence electrons. The molecule has 23 heavy (non-hydrogen) atoms. The summed E-state index contributed by atoms with van der Waals surface area (Å²) < 4.78 is 4.80. The van der Waals surface area contributed by atoms with Crippen LogP contribution in [0.3, 0.4) is 0 Å². The summed E-state index contributed by atoms with van der Waals surface area (Å²) in [6.45, 7) is 0.369. The van der Waals surface area contributed by atoms with E-state index in [-0.39, 0.29) is 5.91 Å². The molecule has 3 aromatic rings. The average molecular weight is 450 g/mol. The van der Waals surface area contributed by atoms with Gasteiger partial charge in [-0.2, -0.15) is 4.99 Å². The molecule has 6 heteroatoms. The highest BCUT2D eigenvalue weighted by Gasteiger charge is 2.09. The van der Waals surface area contributed by atoms with E-state index in [2.05, 4.69) is 42.8 Å². The molecule has 0 unspecified atom stereocenters. The molecule has 0 saturated heterocycles. The monoisotopic (exact) mass is 448 g/mol. The van der Waals surface area contributed by atoms with E-state index in [1.54, 1.807) is 12.1 Å². The van der Waals surface area contributed by atoms with E-state index < -0.39 is 0 Å². The molecule has 0 saturated carbocycles. The van der Waals surface area contributed by atoms with Gasteiger partial charge in [-0.25, -0.2) is 0 Å². The number of thiazole rings is 1. The van der Waals surface area contributed by atoms with E-state index in [4.69, 9.17) is 6.42 Å². The third-order valence-corrected chi connectivity index (χ3v) is 5.25. The maximum atomic E-state index is 12.4. The van der Waals surface area contributed by atoms with Crippen LogP contribution in [0, 0.1) is 12.3 Å². The van der Waals surface area contributed by atoms with Gasteiger partial charge in [0.05, 0.1) is 16.8 Å². The lowest BCUT2D eigenvalue weighted by molar-refractivity contribution is 0.0998. The van der Waals surface area contributed by atoms with Crippen molar-refractivity contribution in [3.8, 4) is 12.3 Å². The number of hydrogen-bond donors (Lipinski definition) is 0. The summed E-state index contributed by atoms with van der Waals surface area (Å²) in [5, 5.41) is 0. The first kappa shape index (κ1) is 16.2. The highest BCUT2D eigenvalue weighted by Crippen LogP contribution is 2.22. The maximum Gasteiger partial charge on any atom is 0.279 e. The van der Waals surface area contributed by atoms with Gasteiger partial charge in [-0.15, -0.1) is 6.42 Å². The quantitative estimate of drug-likeness (QED) is 0.526. The van der Waals surface area contributed by atoms with Crippen LogP contribution in [-0.2, 0) is 6.54 Å². The topological polar surface area (TPSA) is 34.4 Å². The van der Waals surface area contributed by atoms with Crippen LogP contribution in [0.5, 0.6) is 0 Å². The maximum absolute atomic E-state index is 12.4. The Hall–Kier alpha value is -1.68. The van der Waals surface area contributed by atoms with Crippen molar-refractivity contribution in [2.45, 2.75) is 6.54 Å². The Morgan fingerprint density at radius 1 is 1.17 bits per heavy atom. The second-order valence-corrected chi connectivity index (χ2v) is 7.55. The number of fused-ring (bicyclic) bond motifs is 1. The Morgan fingerprint density at radius 3 is 2.57 bits per heavy atom. The van der Waals surface area contributed by atoms with Gasteiger partial charge in [-0.1, -0.05) is 49.1 Å². The fraction of sp³-hybridized carbons (Fsp3) is 0.0588. The lowest BCUT2D eigenvalue weighted by Crippen LogP contribution is -2.16. The zero-order valence-corrected chi connectivity index (χ0v) is 15.8. The molecule has 0 aliphatic carbocycles. The van der Waals surface area contributed by atoms with Crippen molar-refractivity contribution in [1.29, 1.82) is 0 Å². The molecular weight excluding hydrogens is 440 g/mol. The number of carbonyl (C=O) groups excluding carboxylic acids is 1. The van der Waals surface area contributed by atoms with Crippen LogP contribution in [0.2, 0.25) is 0 Å². The Labute approximate surface area is 153 Å². The number of carbonyl (C=O) groups is 1. The number of benzene rings is 2. The lowest BCUT2D eigenvalue weighted by Gasteiger charge is -2.00. The minimum absolute atomic E-state index is 0.283. The van der Waals surface area contributed by atoms with E-state index in [9.17, 15) is 4.79 Å². The van der Waals surface area contributed by atoms with Gasteiger partial charge in [-0.3, -0.25) is 4.79 Å². The highest BCUT2D eigenvalue weighted by atomic mass is 79.9. The van der Waals surface area contributed by atoms with Crippen molar-refractivity contribution in [3.05, 3.63) is 61.8 Å². The van der Waals surface area contributed by atoms with Crippen LogP contribution in [0.1, 0.15) is 10.4 Å². The van der Waals surface area contributed by atoms with Gasteiger partial charge < -0.3 is 4.57 Å². The third-order valence-electron chi connectivity index (χ3n) is 3.18. The SMILES string of the molecule is C#CCn1c(=NC(=O)c2ccc(Br)cc2)sc2cc(Br)ccc21. The largest absolute Gasteiger partial charge is 0.305 e. The lowest BCUT2D eigenvalue weighted by atomic mass is 10.2. The van der Waals surface area contributed by atoms with Gasteiger partial charge in [0.1, 0.15) is 0 Å². The van der Waals surface area contributed by atoms with Crippen molar-refractivity contribution in [2.24, 2.45) is 4.99 Å². The minimum atomic E-state index is -0.283. The normalized spacial score (nSPS) is 11.6. The second kappa shape index (κ2) is 6.83. The number of terminal acetylenes is 1. The van der Waals surface area contributed by atoms with Gasteiger partial charge in [0.25, 0.3) is 5.91 Å². The van der Waals surface area contributed by atoms with Crippen LogP contribution in [0.4, 0.5) is 0 Å². The molecule has 1 amide bonds. The summed E-state index contributed by atoms with van der Waals surface area (Å²) in [5.41, 5.74) is 1.51. The summed E-state index contributed by atoms with van der Waals surface area (Å²) in [5.74, 6) is 2.33. The van der Waals surface area contributed by atoms with E-state index in [1.165, 1.54) is 11.3 Å². The first-order chi connectivity index (χ1) is 11.1. The minimum Gasteiger partial charge on any atom is -0.305 e. The molecular formula is C17H10Br2N2OS. The van der Waals surface area contributed by atoms with Crippen LogP contribution in [-0.4, -0.2) is 10.5 Å². The van der Waals surface area contributed by atoms with Crippen molar-refractivity contribution < 1.29 is 4.79 Å². The Balaban J connectivity index is 2.14. The first-order valence-electron chi connectivity index (χ1n) is 6.65. The molecule has 0 spiro atoms. The predicted molar refractivity (Wildman–Crippen MR) is 100 cm³/mol. The number of aromatic nitrogens is 1. The smallest absolute Gasteiger partial charge is 0.279 e. The molecule has 0 radical (unpaired) electrons. The van der Waals surface area contributed by atoms with Crippen LogP contribution in [0.15, 0.2) is 56.4 Å². The molecule has 0 N–H and O–H groups in total. The fourth-order valence-electron chi connectivity index (χ4n) is 2.12. The summed E-state index contributed by atoms with van der Waals surface area (Å²) >= 11 is 8.25. The van der Waals surface area contributed by atoms with Crippen molar-refractivity contribution in [2.75, 3.05) is 0 Å². The molecule has 3 rings (SSSR count). The molecule has 1 aromatic heterocycles. The van der Waals surface area contributed by atoms with E-state index in [1.807, 2.05) is 34.9 Å². The Bertz CT molecular complexity index is 994. The molecule has 1 heterocycles. The standard InChI is InChI=1S/C17H10Br2N2OS/c1-2-9-21-14-8-7-13(19)10-15(14)23-17(21)20-16(22)11-3-5-12(18)6-4-11/h1,3-8,10H,9H2. The molecule has 3 nitrogen and oxygen atoms in total. The molecule has 0 fully saturated rings. The van der Waals surface area contributed by atoms with Gasteiger partial charge in [0.2, 0.25) is 0 Å². The van der Waals surface area contributed by atoms with E-state index >= 15 is 0 Å². The van der Waals surface area contributed by atoms with Crippen molar-refractivity contribution in [1.82, 2.24) is 4.57 Å². The molecule has 0 bridgehead atoms. The van der Waals surface area contributed by atoms with Gasteiger partial charge in [-0.05, 0) is 42.5 Å². The van der Waals surface area contributed by atoms with Crippen LogP contribution >= 0.6 is 43.2 Å². The Kier molecular flexibility index (Phi) is 4.81. The summed E-state index contributed by atoms with van der Waals surface area (Å²) in [6.07, 6.45) is 5.46. The van der Waals surface area contributed by atoms with Crippen LogP contribution in [0.25, 0.3) is 10.2 Å². The van der Waals surface area contributed by atoms with E-state index in [0.29, 0.717) is 16.9 Å². The number of amides is 1. The number of nitrogens with zero attached hydrogens (tertiary/aromatic N) is 2. The third kappa shape index (κ3) is 3.47. The average Bonchev–Trinajstić information content (AvgIpc) is 2.85. The Morgan fingerprint density at radius 2 is 1.87 bits per heavy atom. The predicted octanol–water partition coefficient (Wildman–Crippen LogP) is 4.60. The summed E-state index contributed by atoms with van der Waals surface area (Å²) in [7, 11) is 0. The zero-order chi connectivity index (χ0) is 16.4.